The first-order valence-electron chi connectivity index (χ1n) is 7.76. The number of aromatic nitrogens is 2. The van der Waals surface area contributed by atoms with Crippen molar-refractivity contribution in [1.29, 1.82) is 0 Å². The van der Waals surface area contributed by atoms with Crippen molar-refractivity contribution in [1.82, 2.24) is 9.78 Å². The van der Waals surface area contributed by atoms with Crippen molar-refractivity contribution in [3.05, 3.63) is 56.7 Å². The molecule has 1 aliphatic rings. The zero-order valence-corrected chi connectivity index (χ0v) is 14.6. The van der Waals surface area contributed by atoms with Gasteiger partial charge in [-0.2, -0.15) is 5.10 Å². The molecule has 4 nitrogen and oxygen atoms in total. The monoisotopic (exact) mass is 379 g/mol. The van der Waals surface area contributed by atoms with Crippen molar-refractivity contribution >= 4 is 21.6 Å². The van der Waals surface area contributed by atoms with Crippen LogP contribution >= 0.6 is 15.9 Å². The van der Waals surface area contributed by atoms with Crippen LogP contribution < -0.4 is 10.5 Å². The van der Waals surface area contributed by atoms with Gasteiger partial charge in [0.1, 0.15) is 10.3 Å². The highest BCUT2D eigenvalue weighted by Crippen LogP contribution is 2.28. The summed E-state index contributed by atoms with van der Waals surface area (Å²) in [5.74, 6) is 0.376. The molecule has 2 aromatic rings. The first kappa shape index (κ1) is 16.2. The maximum Gasteiger partial charge on any atom is 0.282 e. The lowest BCUT2D eigenvalue weighted by molar-refractivity contribution is 0.402. The Morgan fingerprint density at radius 3 is 2.78 bits per heavy atom. The number of hydrogen-bond acceptors (Lipinski definition) is 3. The normalized spacial score (nSPS) is 15.9. The summed E-state index contributed by atoms with van der Waals surface area (Å²) >= 11 is 3.39. The van der Waals surface area contributed by atoms with Crippen molar-refractivity contribution < 1.29 is 4.39 Å². The molecular weight excluding hydrogens is 361 g/mol. The Morgan fingerprint density at radius 2 is 2.09 bits per heavy atom. The second kappa shape index (κ2) is 6.83. The highest BCUT2D eigenvalue weighted by molar-refractivity contribution is 9.10. The zero-order chi connectivity index (χ0) is 16.4. The van der Waals surface area contributed by atoms with Crippen molar-refractivity contribution in [3.8, 4) is 0 Å². The van der Waals surface area contributed by atoms with E-state index < -0.39 is 0 Å². The molecule has 23 heavy (non-hydrogen) atoms. The molecule has 0 radical (unpaired) electrons. The largest absolute Gasteiger partial charge is 0.369 e. The molecule has 0 unspecified atom stereocenters. The lowest BCUT2D eigenvalue weighted by Crippen LogP contribution is -2.36. The van der Waals surface area contributed by atoms with E-state index in [4.69, 9.17) is 0 Å². The van der Waals surface area contributed by atoms with E-state index in [1.165, 1.54) is 10.7 Å². The van der Waals surface area contributed by atoms with Gasteiger partial charge in [-0.1, -0.05) is 12.1 Å². The van der Waals surface area contributed by atoms with Gasteiger partial charge in [-0.15, -0.1) is 0 Å². The number of benzene rings is 1. The van der Waals surface area contributed by atoms with Crippen LogP contribution in [0.1, 0.15) is 18.4 Å². The molecular formula is C17H19BrFN3O. The third-order valence-corrected chi connectivity index (χ3v) is 5.17. The molecule has 1 aromatic heterocycles. The fraction of sp³-hybridized carbons (Fsp3) is 0.412. The van der Waals surface area contributed by atoms with Crippen LogP contribution in [0.2, 0.25) is 0 Å². The number of anilines is 1. The number of halogens is 2. The Balaban J connectivity index is 1.65. The molecule has 0 atom stereocenters. The molecule has 0 bridgehead atoms. The van der Waals surface area contributed by atoms with E-state index >= 15 is 0 Å². The zero-order valence-electron chi connectivity index (χ0n) is 13.0. The minimum Gasteiger partial charge on any atom is -0.369 e. The fourth-order valence-corrected chi connectivity index (χ4v) is 3.71. The standard InChI is InChI=1S/C17H19BrFN3O/c1-21-17(23)16(18)15(11-20-21)22-7-5-12(6-8-22)9-13-3-2-4-14(19)10-13/h2-4,10-12H,5-9H2,1H3. The molecule has 0 amide bonds. The van der Waals surface area contributed by atoms with Crippen LogP contribution in [0.5, 0.6) is 0 Å². The third kappa shape index (κ3) is 3.63. The molecule has 2 heterocycles. The minimum atomic E-state index is -0.171. The second-order valence-electron chi connectivity index (χ2n) is 6.04. The van der Waals surface area contributed by atoms with Crippen LogP contribution in [-0.2, 0) is 13.5 Å². The van der Waals surface area contributed by atoms with Gasteiger partial charge in [0.25, 0.3) is 5.56 Å². The van der Waals surface area contributed by atoms with Crippen molar-refractivity contribution in [3.63, 3.8) is 0 Å². The van der Waals surface area contributed by atoms with Gasteiger partial charge < -0.3 is 4.90 Å². The summed E-state index contributed by atoms with van der Waals surface area (Å²) in [4.78, 5) is 14.2. The quantitative estimate of drug-likeness (QED) is 0.821. The molecule has 6 heteroatoms. The molecule has 0 spiro atoms. The molecule has 0 saturated carbocycles. The maximum absolute atomic E-state index is 13.3. The highest BCUT2D eigenvalue weighted by atomic mass is 79.9. The van der Waals surface area contributed by atoms with E-state index in [0.717, 1.165) is 43.6 Å². The Hall–Kier alpha value is -1.69. The van der Waals surface area contributed by atoms with Crippen LogP contribution in [0.4, 0.5) is 10.1 Å². The van der Waals surface area contributed by atoms with Crippen LogP contribution in [0.25, 0.3) is 0 Å². The lowest BCUT2D eigenvalue weighted by atomic mass is 9.90. The minimum absolute atomic E-state index is 0.121. The molecule has 1 aromatic carbocycles. The van der Waals surface area contributed by atoms with Gasteiger partial charge in [-0.3, -0.25) is 4.79 Å². The van der Waals surface area contributed by atoms with Gasteiger partial charge in [0, 0.05) is 20.1 Å². The van der Waals surface area contributed by atoms with Gasteiger partial charge in [0.2, 0.25) is 0 Å². The van der Waals surface area contributed by atoms with E-state index in [0.29, 0.717) is 10.4 Å². The molecule has 3 rings (SSSR count). The highest BCUT2D eigenvalue weighted by Gasteiger charge is 2.22. The van der Waals surface area contributed by atoms with E-state index in [9.17, 15) is 9.18 Å². The van der Waals surface area contributed by atoms with Crippen LogP contribution in [0.15, 0.2) is 39.7 Å². The summed E-state index contributed by atoms with van der Waals surface area (Å²) in [5, 5.41) is 4.10. The SMILES string of the molecule is Cn1ncc(N2CCC(Cc3cccc(F)c3)CC2)c(Br)c1=O. The van der Waals surface area contributed by atoms with Crippen molar-refractivity contribution in [2.24, 2.45) is 13.0 Å². The predicted octanol–water partition coefficient (Wildman–Crippen LogP) is 3.14. The summed E-state index contributed by atoms with van der Waals surface area (Å²) in [6.45, 7) is 1.76. The topological polar surface area (TPSA) is 38.1 Å². The number of aryl methyl sites for hydroxylation is 1. The van der Waals surface area contributed by atoms with E-state index in [1.807, 2.05) is 6.07 Å². The molecule has 1 saturated heterocycles. The average molecular weight is 380 g/mol. The lowest BCUT2D eigenvalue weighted by Gasteiger charge is -2.33. The van der Waals surface area contributed by atoms with Gasteiger partial charge in [0.15, 0.2) is 0 Å². The average Bonchev–Trinajstić information content (AvgIpc) is 2.54. The Labute approximate surface area is 143 Å². The van der Waals surface area contributed by atoms with Crippen LogP contribution in [0, 0.1) is 11.7 Å². The van der Waals surface area contributed by atoms with Crippen molar-refractivity contribution in [2.45, 2.75) is 19.3 Å². The Morgan fingerprint density at radius 1 is 1.35 bits per heavy atom. The second-order valence-corrected chi connectivity index (χ2v) is 6.83. The van der Waals surface area contributed by atoms with Gasteiger partial charge >= 0.3 is 0 Å². The number of piperidine rings is 1. The summed E-state index contributed by atoms with van der Waals surface area (Å²) in [6.07, 6.45) is 4.69. The van der Waals surface area contributed by atoms with E-state index in [1.54, 1.807) is 25.4 Å². The summed E-state index contributed by atoms with van der Waals surface area (Å²) < 4.78 is 15.2. The fourth-order valence-electron chi connectivity index (χ4n) is 3.10. The first-order chi connectivity index (χ1) is 11.0. The maximum atomic E-state index is 13.3. The van der Waals surface area contributed by atoms with Gasteiger partial charge in [-0.25, -0.2) is 9.07 Å². The summed E-state index contributed by atoms with van der Waals surface area (Å²) in [5.41, 5.74) is 1.79. The van der Waals surface area contributed by atoms with E-state index in [-0.39, 0.29) is 11.4 Å². The number of hydrogen-bond donors (Lipinski definition) is 0. The van der Waals surface area contributed by atoms with Crippen molar-refractivity contribution in [2.75, 3.05) is 18.0 Å². The first-order valence-corrected chi connectivity index (χ1v) is 8.55. The molecule has 1 fully saturated rings. The third-order valence-electron chi connectivity index (χ3n) is 4.43. The van der Waals surface area contributed by atoms with Gasteiger partial charge in [0.05, 0.1) is 11.9 Å². The molecule has 0 aliphatic carbocycles. The van der Waals surface area contributed by atoms with Crippen LogP contribution in [-0.4, -0.2) is 22.9 Å². The van der Waals surface area contributed by atoms with Gasteiger partial charge in [-0.05, 0) is 58.8 Å². The van der Waals surface area contributed by atoms with Crippen LogP contribution in [0.3, 0.4) is 0 Å². The number of nitrogens with zero attached hydrogens (tertiary/aromatic N) is 3. The molecule has 1 aliphatic heterocycles. The number of rotatable bonds is 3. The summed E-state index contributed by atoms with van der Waals surface area (Å²) in [7, 11) is 1.64. The Bertz CT molecular complexity index is 754. The smallest absolute Gasteiger partial charge is 0.282 e. The molecule has 0 N–H and O–H groups in total. The van der Waals surface area contributed by atoms with E-state index in [2.05, 4.69) is 25.9 Å². The Kier molecular flexibility index (Phi) is 4.80. The molecule has 122 valence electrons. The predicted molar refractivity (Wildman–Crippen MR) is 92.2 cm³/mol. The summed E-state index contributed by atoms with van der Waals surface area (Å²) in [6, 6.07) is 6.85.